The van der Waals surface area contributed by atoms with Crippen molar-refractivity contribution in [2.24, 2.45) is 13.0 Å². The van der Waals surface area contributed by atoms with E-state index in [4.69, 9.17) is 0 Å². The highest BCUT2D eigenvalue weighted by molar-refractivity contribution is 5.22. The first-order valence-electron chi connectivity index (χ1n) is 7.61. The normalized spacial score (nSPS) is 13.0. The Morgan fingerprint density at radius 2 is 2.10 bits per heavy atom. The molecule has 1 N–H and O–H groups in total. The van der Waals surface area contributed by atoms with Crippen LogP contribution in [0.25, 0.3) is 0 Å². The van der Waals surface area contributed by atoms with E-state index in [0.717, 1.165) is 30.9 Å². The fourth-order valence-corrected chi connectivity index (χ4v) is 2.61. The third-order valence-corrected chi connectivity index (χ3v) is 3.62. The van der Waals surface area contributed by atoms with Crippen LogP contribution in [0.15, 0.2) is 12.5 Å². The van der Waals surface area contributed by atoms with E-state index in [9.17, 15) is 0 Å². The number of nitrogens with one attached hydrogen (secondary N) is 1. The highest BCUT2D eigenvalue weighted by Crippen LogP contribution is 2.21. The molecule has 116 valence electrons. The second kappa shape index (κ2) is 6.85. The summed E-state index contributed by atoms with van der Waals surface area (Å²) in [6.45, 7) is 7.42. The largest absolute Gasteiger partial charge is 0.313 e. The molecule has 2 aromatic rings. The van der Waals surface area contributed by atoms with Crippen LogP contribution in [0.1, 0.15) is 43.9 Å². The van der Waals surface area contributed by atoms with Crippen molar-refractivity contribution in [3.63, 3.8) is 0 Å². The number of aryl methyl sites for hydroxylation is 2. The standard InChI is InChI=1S/C15H26N6/c1-6-13-12(9-20(5)19-13)14(16-4)7-15-17-10-18-21(15)8-11(2)3/h9-11,14,16H,6-8H2,1-5H3. The second-order valence-electron chi connectivity index (χ2n) is 5.86. The third-order valence-electron chi connectivity index (χ3n) is 3.62. The summed E-state index contributed by atoms with van der Waals surface area (Å²) < 4.78 is 3.90. The van der Waals surface area contributed by atoms with Crippen LogP contribution in [-0.2, 0) is 26.4 Å². The van der Waals surface area contributed by atoms with Crippen LogP contribution in [0, 0.1) is 5.92 Å². The fraction of sp³-hybridized carbons (Fsp3) is 0.667. The number of hydrogen-bond acceptors (Lipinski definition) is 4. The molecule has 0 aromatic carbocycles. The topological polar surface area (TPSA) is 60.6 Å². The summed E-state index contributed by atoms with van der Waals surface area (Å²) in [6, 6.07) is 0.212. The highest BCUT2D eigenvalue weighted by atomic mass is 15.3. The number of aromatic nitrogens is 5. The lowest BCUT2D eigenvalue weighted by Gasteiger charge is -2.16. The van der Waals surface area contributed by atoms with Crippen molar-refractivity contribution in [3.05, 3.63) is 29.6 Å². The van der Waals surface area contributed by atoms with Crippen LogP contribution < -0.4 is 5.32 Å². The quantitative estimate of drug-likeness (QED) is 0.843. The van der Waals surface area contributed by atoms with Crippen LogP contribution in [0.4, 0.5) is 0 Å². The van der Waals surface area contributed by atoms with Crippen molar-refractivity contribution in [1.29, 1.82) is 0 Å². The Hall–Kier alpha value is -1.69. The van der Waals surface area contributed by atoms with Gasteiger partial charge in [0.05, 0.1) is 5.69 Å². The van der Waals surface area contributed by atoms with E-state index in [1.54, 1.807) is 6.33 Å². The van der Waals surface area contributed by atoms with Gasteiger partial charge in [-0.15, -0.1) is 0 Å². The predicted molar refractivity (Wildman–Crippen MR) is 83.0 cm³/mol. The summed E-state index contributed by atoms with van der Waals surface area (Å²) in [5.74, 6) is 1.58. The van der Waals surface area contributed by atoms with Gasteiger partial charge in [-0.1, -0.05) is 20.8 Å². The van der Waals surface area contributed by atoms with Gasteiger partial charge in [0.15, 0.2) is 0 Å². The van der Waals surface area contributed by atoms with E-state index in [2.05, 4.69) is 47.5 Å². The van der Waals surface area contributed by atoms with Crippen LogP contribution in [0.2, 0.25) is 0 Å². The lowest BCUT2D eigenvalue weighted by Crippen LogP contribution is -2.22. The molecular weight excluding hydrogens is 264 g/mol. The lowest BCUT2D eigenvalue weighted by molar-refractivity contribution is 0.451. The van der Waals surface area contributed by atoms with E-state index < -0.39 is 0 Å². The zero-order valence-corrected chi connectivity index (χ0v) is 13.7. The molecular formula is C15H26N6. The van der Waals surface area contributed by atoms with E-state index in [1.165, 1.54) is 5.56 Å². The molecule has 0 saturated heterocycles. The van der Waals surface area contributed by atoms with Crippen molar-refractivity contribution in [2.75, 3.05) is 7.05 Å². The molecule has 0 saturated carbocycles. The molecule has 0 spiro atoms. The smallest absolute Gasteiger partial charge is 0.138 e. The average Bonchev–Trinajstić information content (AvgIpc) is 3.01. The van der Waals surface area contributed by atoms with Gasteiger partial charge in [0.25, 0.3) is 0 Å². The van der Waals surface area contributed by atoms with Gasteiger partial charge in [0.2, 0.25) is 0 Å². The minimum Gasteiger partial charge on any atom is -0.313 e. The number of rotatable bonds is 7. The summed E-state index contributed by atoms with van der Waals surface area (Å²) in [5, 5.41) is 12.3. The van der Waals surface area contributed by atoms with Gasteiger partial charge in [-0.3, -0.25) is 4.68 Å². The Bertz CT molecular complexity index is 568. The molecule has 0 bridgehead atoms. The van der Waals surface area contributed by atoms with Crippen LogP contribution in [-0.4, -0.2) is 31.6 Å². The Labute approximate surface area is 126 Å². The van der Waals surface area contributed by atoms with Crippen LogP contribution >= 0.6 is 0 Å². The van der Waals surface area contributed by atoms with Crippen molar-refractivity contribution >= 4 is 0 Å². The van der Waals surface area contributed by atoms with Gasteiger partial charge in [0.1, 0.15) is 12.2 Å². The molecule has 0 aliphatic heterocycles. The average molecular weight is 290 g/mol. The summed E-state index contributed by atoms with van der Waals surface area (Å²) in [5.41, 5.74) is 2.40. The molecule has 0 aliphatic rings. The molecule has 0 fully saturated rings. The molecule has 0 aliphatic carbocycles. The molecule has 6 heteroatoms. The molecule has 1 atom stereocenters. The minimum atomic E-state index is 0.212. The number of hydrogen-bond donors (Lipinski definition) is 1. The van der Waals surface area contributed by atoms with Gasteiger partial charge in [-0.25, -0.2) is 9.67 Å². The SMILES string of the molecule is CCc1nn(C)cc1C(Cc1ncnn1CC(C)C)NC. The zero-order valence-electron chi connectivity index (χ0n) is 13.7. The van der Waals surface area contributed by atoms with Gasteiger partial charge >= 0.3 is 0 Å². The molecule has 0 radical (unpaired) electrons. The van der Waals surface area contributed by atoms with Gasteiger partial charge < -0.3 is 5.32 Å². The van der Waals surface area contributed by atoms with E-state index >= 15 is 0 Å². The Kier molecular flexibility index (Phi) is 5.12. The molecule has 21 heavy (non-hydrogen) atoms. The summed E-state index contributed by atoms with van der Waals surface area (Å²) in [4.78, 5) is 4.43. The van der Waals surface area contributed by atoms with Gasteiger partial charge in [-0.05, 0) is 19.4 Å². The third kappa shape index (κ3) is 3.69. The van der Waals surface area contributed by atoms with Crippen LogP contribution in [0.3, 0.4) is 0 Å². The first-order valence-corrected chi connectivity index (χ1v) is 7.61. The first-order chi connectivity index (χ1) is 10.0. The van der Waals surface area contributed by atoms with E-state index in [-0.39, 0.29) is 6.04 Å². The molecule has 1 unspecified atom stereocenters. The van der Waals surface area contributed by atoms with Crippen LogP contribution in [0.5, 0.6) is 0 Å². The van der Waals surface area contributed by atoms with Crippen molar-refractivity contribution in [2.45, 2.75) is 46.2 Å². The van der Waals surface area contributed by atoms with E-state index in [0.29, 0.717) is 5.92 Å². The van der Waals surface area contributed by atoms with E-state index in [1.807, 2.05) is 23.5 Å². The Morgan fingerprint density at radius 3 is 2.71 bits per heavy atom. The summed E-state index contributed by atoms with van der Waals surface area (Å²) in [7, 11) is 3.96. The summed E-state index contributed by atoms with van der Waals surface area (Å²) in [6.07, 6.45) is 5.51. The number of likely N-dealkylation sites (N-methyl/N-ethyl adjacent to an activating group) is 1. The van der Waals surface area contributed by atoms with Crippen molar-refractivity contribution in [3.8, 4) is 0 Å². The van der Waals surface area contributed by atoms with Crippen molar-refractivity contribution in [1.82, 2.24) is 29.9 Å². The van der Waals surface area contributed by atoms with Gasteiger partial charge in [-0.2, -0.15) is 10.2 Å². The Morgan fingerprint density at radius 1 is 1.33 bits per heavy atom. The maximum absolute atomic E-state index is 4.53. The lowest BCUT2D eigenvalue weighted by atomic mass is 10.0. The number of nitrogens with zero attached hydrogens (tertiary/aromatic N) is 5. The summed E-state index contributed by atoms with van der Waals surface area (Å²) >= 11 is 0. The van der Waals surface area contributed by atoms with Gasteiger partial charge in [0, 0.05) is 37.8 Å². The molecule has 6 nitrogen and oxygen atoms in total. The van der Waals surface area contributed by atoms with Crippen molar-refractivity contribution < 1.29 is 0 Å². The maximum atomic E-state index is 4.53. The Balaban J connectivity index is 2.21. The molecule has 2 aromatic heterocycles. The zero-order chi connectivity index (χ0) is 15.4. The highest BCUT2D eigenvalue weighted by Gasteiger charge is 2.19. The maximum Gasteiger partial charge on any atom is 0.138 e. The minimum absolute atomic E-state index is 0.212. The predicted octanol–water partition coefficient (Wildman–Crippen LogP) is 1.73. The monoisotopic (exact) mass is 290 g/mol. The first kappa shape index (κ1) is 15.7. The molecule has 2 rings (SSSR count). The fourth-order valence-electron chi connectivity index (χ4n) is 2.61. The molecule has 0 amide bonds. The second-order valence-corrected chi connectivity index (χ2v) is 5.86. The molecule has 2 heterocycles.